The van der Waals surface area contributed by atoms with Crippen molar-refractivity contribution < 1.29 is 27.8 Å². The molecule has 0 aliphatic carbocycles. The van der Waals surface area contributed by atoms with Gasteiger partial charge in [-0.25, -0.2) is 0 Å². The highest BCUT2D eigenvalue weighted by molar-refractivity contribution is 7.87. The van der Waals surface area contributed by atoms with Crippen molar-refractivity contribution in [2.45, 2.75) is 24.9 Å². The van der Waals surface area contributed by atoms with E-state index in [9.17, 15) is 18.3 Å². The van der Waals surface area contributed by atoms with Gasteiger partial charge in [0.15, 0.2) is 0 Å². The predicted molar refractivity (Wildman–Crippen MR) is 71.2 cm³/mol. The van der Waals surface area contributed by atoms with Crippen LogP contribution in [0.15, 0.2) is 0 Å². The number of nitrogens with zero attached hydrogens (tertiary/aromatic N) is 1. The molecule has 0 aromatic carbocycles. The Balaban J connectivity index is 2.45. The summed E-state index contributed by atoms with van der Waals surface area (Å²) in [5.41, 5.74) is -1.07. The van der Waals surface area contributed by atoms with Gasteiger partial charge in [0, 0.05) is 46.2 Å². The number of ether oxygens (including phenoxy) is 2. The molecular formula is C11H22N2O6S. The Morgan fingerprint density at radius 3 is 2.60 bits per heavy atom. The molecule has 0 unspecified atom stereocenters. The number of hydrogen-bond acceptors (Lipinski definition) is 6. The Morgan fingerprint density at radius 1 is 1.45 bits per heavy atom. The van der Waals surface area contributed by atoms with Gasteiger partial charge in [-0.2, -0.15) is 17.4 Å². The van der Waals surface area contributed by atoms with Crippen LogP contribution in [0.5, 0.6) is 0 Å². The van der Waals surface area contributed by atoms with Crippen LogP contribution in [-0.4, -0.2) is 69.9 Å². The number of methoxy groups -OCH3 is 1. The van der Waals surface area contributed by atoms with E-state index in [0.717, 1.165) is 4.31 Å². The van der Waals surface area contributed by atoms with Gasteiger partial charge in [0.25, 0.3) is 10.2 Å². The van der Waals surface area contributed by atoms with Gasteiger partial charge in [-0.3, -0.25) is 4.79 Å². The number of carbonyl (C=O) groups is 1. The molecule has 1 fully saturated rings. The second-order valence-electron chi connectivity index (χ2n) is 4.81. The molecule has 1 aliphatic heterocycles. The SMILES string of the molecule is COC(=O)CCN(C)S(=O)(=O)NCC1(O)CCOCC1. The van der Waals surface area contributed by atoms with Gasteiger partial charge in [0.2, 0.25) is 0 Å². The standard InChI is InChI=1S/C11H22N2O6S/c1-13(6-3-10(14)18-2)20(16,17)12-9-11(15)4-7-19-8-5-11/h12,15H,3-9H2,1-2H3. The van der Waals surface area contributed by atoms with E-state index in [1.165, 1.54) is 14.2 Å². The minimum atomic E-state index is -3.73. The fourth-order valence-corrected chi connectivity index (χ4v) is 2.74. The number of aliphatic hydroxyl groups is 1. The van der Waals surface area contributed by atoms with Crippen LogP contribution < -0.4 is 4.72 Å². The fourth-order valence-electron chi connectivity index (χ4n) is 1.73. The lowest BCUT2D eigenvalue weighted by Crippen LogP contribution is -2.49. The van der Waals surface area contributed by atoms with E-state index in [1.807, 2.05) is 0 Å². The van der Waals surface area contributed by atoms with Gasteiger partial charge >= 0.3 is 5.97 Å². The van der Waals surface area contributed by atoms with Crippen LogP contribution in [0.4, 0.5) is 0 Å². The van der Waals surface area contributed by atoms with E-state index < -0.39 is 21.8 Å². The highest BCUT2D eigenvalue weighted by Crippen LogP contribution is 2.19. The van der Waals surface area contributed by atoms with Crippen LogP contribution in [0.1, 0.15) is 19.3 Å². The number of rotatable bonds is 7. The highest BCUT2D eigenvalue weighted by Gasteiger charge is 2.32. The second kappa shape index (κ2) is 7.32. The first kappa shape index (κ1) is 17.3. The molecule has 2 N–H and O–H groups in total. The smallest absolute Gasteiger partial charge is 0.306 e. The average molecular weight is 310 g/mol. The third-order valence-electron chi connectivity index (χ3n) is 3.28. The van der Waals surface area contributed by atoms with E-state index in [2.05, 4.69) is 9.46 Å². The first-order valence-corrected chi connectivity index (χ1v) is 7.81. The van der Waals surface area contributed by atoms with Crippen molar-refractivity contribution in [3.63, 3.8) is 0 Å². The molecule has 118 valence electrons. The van der Waals surface area contributed by atoms with Gasteiger partial charge in [-0.1, -0.05) is 0 Å². The summed E-state index contributed by atoms with van der Waals surface area (Å²) in [5, 5.41) is 10.2. The molecule has 0 aromatic rings. The van der Waals surface area contributed by atoms with Gasteiger partial charge < -0.3 is 14.6 Å². The van der Waals surface area contributed by atoms with Crippen molar-refractivity contribution in [1.29, 1.82) is 0 Å². The quantitative estimate of drug-likeness (QED) is 0.576. The van der Waals surface area contributed by atoms with Crippen LogP contribution in [0.25, 0.3) is 0 Å². The Bertz CT molecular complexity index is 419. The average Bonchev–Trinajstić information content (AvgIpc) is 2.43. The van der Waals surface area contributed by atoms with Crippen molar-refractivity contribution in [2.75, 3.05) is 40.5 Å². The number of esters is 1. The minimum absolute atomic E-state index is 0.0174. The summed E-state index contributed by atoms with van der Waals surface area (Å²) in [4.78, 5) is 11.0. The summed E-state index contributed by atoms with van der Waals surface area (Å²) >= 11 is 0. The molecule has 1 rings (SSSR count). The predicted octanol–water partition coefficient (Wildman–Crippen LogP) is -1.14. The molecule has 0 radical (unpaired) electrons. The maximum Gasteiger partial charge on any atom is 0.306 e. The summed E-state index contributed by atoms with van der Waals surface area (Å²) < 4.78 is 36.8. The molecule has 9 heteroatoms. The number of carbonyl (C=O) groups excluding carboxylic acids is 1. The molecule has 20 heavy (non-hydrogen) atoms. The van der Waals surface area contributed by atoms with Gasteiger partial charge in [-0.15, -0.1) is 0 Å². The number of hydrogen-bond donors (Lipinski definition) is 2. The lowest BCUT2D eigenvalue weighted by Gasteiger charge is -2.32. The van der Waals surface area contributed by atoms with Gasteiger partial charge in [0.05, 0.1) is 19.1 Å². The fraction of sp³-hybridized carbons (Fsp3) is 0.909. The Hall–Kier alpha value is -0.740. The van der Waals surface area contributed by atoms with Crippen molar-refractivity contribution in [1.82, 2.24) is 9.03 Å². The molecule has 1 saturated heterocycles. The third kappa shape index (κ3) is 5.33. The lowest BCUT2D eigenvalue weighted by molar-refractivity contribution is -0.140. The van der Waals surface area contributed by atoms with E-state index >= 15 is 0 Å². The highest BCUT2D eigenvalue weighted by atomic mass is 32.2. The zero-order valence-corrected chi connectivity index (χ0v) is 12.6. The van der Waals surface area contributed by atoms with Crippen LogP contribution in [-0.2, 0) is 24.5 Å². The van der Waals surface area contributed by atoms with Crippen molar-refractivity contribution in [3.05, 3.63) is 0 Å². The van der Waals surface area contributed by atoms with E-state index in [1.54, 1.807) is 0 Å². The lowest BCUT2D eigenvalue weighted by atomic mass is 9.95. The zero-order chi connectivity index (χ0) is 15.2. The van der Waals surface area contributed by atoms with Gasteiger partial charge in [0.1, 0.15) is 0 Å². The topological polar surface area (TPSA) is 105 Å². The molecule has 8 nitrogen and oxygen atoms in total. The molecule has 0 spiro atoms. The summed E-state index contributed by atoms with van der Waals surface area (Å²) in [6, 6.07) is 0. The largest absolute Gasteiger partial charge is 0.469 e. The molecule has 0 saturated carbocycles. The van der Waals surface area contributed by atoms with Crippen LogP contribution >= 0.6 is 0 Å². The molecular weight excluding hydrogens is 288 g/mol. The van der Waals surface area contributed by atoms with Crippen molar-refractivity contribution in [2.24, 2.45) is 0 Å². The number of nitrogens with one attached hydrogen (secondary N) is 1. The molecule has 0 atom stereocenters. The summed E-state index contributed by atoms with van der Waals surface area (Å²) in [7, 11) is -1.12. The molecule has 0 amide bonds. The van der Waals surface area contributed by atoms with E-state index in [-0.39, 0.29) is 19.5 Å². The third-order valence-corrected chi connectivity index (χ3v) is 4.79. The monoisotopic (exact) mass is 310 g/mol. The molecule has 1 heterocycles. The van der Waals surface area contributed by atoms with Crippen LogP contribution in [0.2, 0.25) is 0 Å². The maximum absolute atomic E-state index is 11.9. The van der Waals surface area contributed by atoms with E-state index in [0.29, 0.717) is 26.1 Å². The van der Waals surface area contributed by atoms with Crippen molar-refractivity contribution >= 4 is 16.2 Å². The first-order valence-electron chi connectivity index (χ1n) is 6.37. The summed E-state index contributed by atoms with van der Waals surface area (Å²) in [6.45, 7) is 0.775. The molecule has 0 bridgehead atoms. The van der Waals surface area contributed by atoms with Crippen molar-refractivity contribution in [3.8, 4) is 0 Å². The van der Waals surface area contributed by atoms with Gasteiger partial charge in [-0.05, 0) is 0 Å². The molecule has 0 aromatic heterocycles. The molecule has 1 aliphatic rings. The Morgan fingerprint density at radius 2 is 2.05 bits per heavy atom. The zero-order valence-electron chi connectivity index (χ0n) is 11.8. The van der Waals surface area contributed by atoms with Crippen LogP contribution in [0.3, 0.4) is 0 Å². The Labute approximate surface area is 119 Å². The maximum atomic E-state index is 11.9. The normalized spacial score (nSPS) is 19.0. The van der Waals surface area contributed by atoms with E-state index in [4.69, 9.17) is 4.74 Å². The summed E-state index contributed by atoms with van der Waals surface area (Å²) in [5.74, 6) is -0.477. The summed E-state index contributed by atoms with van der Waals surface area (Å²) in [6.07, 6.45) is 0.759. The second-order valence-corrected chi connectivity index (χ2v) is 6.67. The Kier molecular flexibility index (Phi) is 6.34. The minimum Gasteiger partial charge on any atom is -0.469 e. The van der Waals surface area contributed by atoms with Crippen LogP contribution in [0, 0.1) is 0 Å². The first-order chi connectivity index (χ1) is 9.29.